The molecule has 0 radical (unpaired) electrons. The van der Waals surface area contributed by atoms with Gasteiger partial charge in [0.25, 0.3) is 0 Å². The van der Waals surface area contributed by atoms with Gasteiger partial charge in [-0.05, 0) is 24.6 Å². The molecule has 0 aliphatic carbocycles. The van der Waals surface area contributed by atoms with Crippen molar-refractivity contribution in [2.24, 2.45) is 0 Å². The second-order valence-electron chi connectivity index (χ2n) is 3.56. The molecule has 16 heavy (non-hydrogen) atoms. The summed E-state index contributed by atoms with van der Waals surface area (Å²) in [6.07, 6.45) is 4.14. The molecule has 2 nitrogen and oxygen atoms in total. The predicted molar refractivity (Wildman–Crippen MR) is 64.6 cm³/mol. The second-order valence-corrected chi connectivity index (χ2v) is 5.20. The van der Waals surface area contributed by atoms with Crippen LogP contribution in [0.2, 0.25) is 0 Å². The highest BCUT2D eigenvalue weighted by atomic mass is 32.2. The highest BCUT2D eigenvalue weighted by Crippen LogP contribution is 2.28. The molecule has 1 aromatic heterocycles. The highest BCUT2D eigenvalue weighted by molar-refractivity contribution is 7.85. The standard InChI is InChI=1S/C13H14O2S/c1-2-13(11-8-9-15-10-11)16(14)12-6-4-3-5-7-12/h3-10,13H,2H2,1H3/t13-,16-/m1/s1. The van der Waals surface area contributed by atoms with Crippen molar-refractivity contribution in [3.8, 4) is 0 Å². The molecule has 2 aromatic rings. The summed E-state index contributed by atoms with van der Waals surface area (Å²) in [7, 11) is -1.01. The Hall–Kier alpha value is -1.35. The van der Waals surface area contributed by atoms with Gasteiger partial charge in [-0.2, -0.15) is 0 Å². The minimum atomic E-state index is -1.01. The molecule has 0 aliphatic rings. The minimum Gasteiger partial charge on any atom is -0.472 e. The first-order valence-corrected chi connectivity index (χ1v) is 6.52. The summed E-state index contributed by atoms with van der Waals surface area (Å²) in [5, 5.41) is 0.0150. The molecule has 1 heterocycles. The summed E-state index contributed by atoms with van der Waals surface area (Å²) in [6.45, 7) is 2.04. The Morgan fingerprint density at radius 3 is 2.56 bits per heavy atom. The van der Waals surface area contributed by atoms with E-state index in [-0.39, 0.29) is 5.25 Å². The van der Waals surface area contributed by atoms with Crippen molar-refractivity contribution in [3.05, 3.63) is 54.5 Å². The number of hydrogen-bond donors (Lipinski definition) is 0. The Balaban J connectivity index is 2.27. The second kappa shape index (κ2) is 5.12. The fourth-order valence-corrected chi connectivity index (χ4v) is 3.13. The van der Waals surface area contributed by atoms with Crippen molar-refractivity contribution in [2.75, 3.05) is 0 Å². The van der Waals surface area contributed by atoms with Crippen molar-refractivity contribution >= 4 is 10.8 Å². The van der Waals surface area contributed by atoms with Gasteiger partial charge < -0.3 is 4.42 Å². The number of benzene rings is 1. The molecular formula is C13H14O2S. The van der Waals surface area contributed by atoms with Crippen LogP contribution < -0.4 is 0 Å². The largest absolute Gasteiger partial charge is 0.472 e. The first kappa shape index (κ1) is 11.1. The summed E-state index contributed by atoms with van der Waals surface area (Å²) in [5.41, 5.74) is 1.00. The lowest BCUT2D eigenvalue weighted by atomic mass is 10.2. The fraction of sp³-hybridized carbons (Fsp3) is 0.231. The Bertz CT molecular complexity index is 448. The summed E-state index contributed by atoms with van der Waals surface area (Å²) < 4.78 is 17.4. The monoisotopic (exact) mass is 234 g/mol. The Morgan fingerprint density at radius 1 is 1.25 bits per heavy atom. The van der Waals surface area contributed by atoms with Crippen molar-refractivity contribution < 1.29 is 8.63 Å². The van der Waals surface area contributed by atoms with Gasteiger partial charge >= 0.3 is 0 Å². The lowest BCUT2D eigenvalue weighted by Crippen LogP contribution is -2.04. The SMILES string of the molecule is CC[C@H](c1ccoc1)[S@](=O)c1ccccc1. The molecule has 0 amide bonds. The molecule has 1 aromatic carbocycles. The third-order valence-corrected chi connectivity index (χ3v) is 4.38. The molecule has 0 spiro atoms. The van der Waals surface area contributed by atoms with E-state index in [1.54, 1.807) is 12.5 Å². The molecule has 2 atom stereocenters. The van der Waals surface area contributed by atoms with E-state index >= 15 is 0 Å². The van der Waals surface area contributed by atoms with Crippen LogP contribution in [0.5, 0.6) is 0 Å². The summed E-state index contributed by atoms with van der Waals surface area (Å²) in [5.74, 6) is 0. The highest BCUT2D eigenvalue weighted by Gasteiger charge is 2.19. The lowest BCUT2D eigenvalue weighted by molar-refractivity contribution is 0.562. The predicted octanol–water partition coefficient (Wildman–Crippen LogP) is 3.54. The van der Waals surface area contributed by atoms with Gasteiger partial charge in [0.2, 0.25) is 0 Å². The van der Waals surface area contributed by atoms with Crippen LogP contribution in [-0.4, -0.2) is 4.21 Å². The summed E-state index contributed by atoms with van der Waals surface area (Å²) in [6, 6.07) is 11.4. The quantitative estimate of drug-likeness (QED) is 0.810. The molecule has 0 saturated heterocycles. The maximum atomic E-state index is 12.3. The van der Waals surface area contributed by atoms with Crippen LogP contribution in [0.25, 0.3) is 0 Å². The van der Waals surface area contributed by atoms with Gasteiger partial charge in [0, 0.05) is 10.5 Å². The van der Waals surface area contributed by atoms with Crippen molar-refractivity contribution in [1.82, 2.24) is 0 Å². The van der Waals surface area contributed by atoms with Crippen molar-refractivity contribution in [3.63, 3.8) is 0 Å². The van der Waals surface area contributed by atoms with Gasteiger partial charge in [0.05, 0.1) is 28.6 Å². The van der Waals surface area contributed by atoms with Crippen molar-refractivity contribution in [2.45, 2.75) is 23.5 Å². The van der Waals surface area contributed by atoms with E-state index < -0.39 is 10.8 Å². The molecule has 0 N–H and O–H groups in total. The zero-order chi connectivity index (χ0) is 11.4. The zero-order valence-electron chi connectivity index (χ0n) is 9.13. The summed E-state index contributed by atoms with van der Waals surface area (Å²) >= 11 is 0. The van der Waals surface area contributed by atoms with E-state index in [1.165, 1.54) is 0 Å². The van der Waals surface area contributed by atoms with Gasteiger partial charge in [0.15, 0.2) is 0 Å². The molecule has 3 heteroatoms. The molecule has 0 aliphatic heterocycles. The van der Waals surface area contributed by atoms with Crippen molar-refractivity contribution in [1.29, 1.82) is 0 Å². The molecule has 0 saturated carbocycles. The maximum Gasteiger partial charge on any atom is 0.0946 e. The third kappa shape index (κ3) is 2.25. The van der Waals surface area contributed by atoms with E-state index in [2.05, 4.69) is 0 Å². The zero-order valence-corrected chi connectivity index (χ0v) is 9.94. The van der Waals surface area contributed by atoms with Crippen LogP contribution in [0.1, 0.15) is 24.2 Å². The van der Waals surface area contributed by atoms with E-state index in [9.17, 15) is 4.21 Å². The van der Waals surface area contributed by atoms with Crippen LogP contribution in [-0.2, 0) is 10.8 Å². The summed E-state index contributed by atoms with van der Waals surface area (Å²) in [4.78, 5) is 0.871. The number of rotatable bonds is 4. The van der Waals surface area contributed by atoms with Crippen LogP contribution in [0.3, 0.4) is 0 Å². The fourth-order valence-electron chi connectivity index (χ4n) is 1.69. The average Bonchev–Trinajstić information content (AvgIpc) is 2.85. The van der Waals surface area contributed by atoms with Gasteiger partial charge in [-0.15, -0.1) is 0 Å². The normalized spacial score (nSPS) is 14.6. The molecule has 0 unspecified atom stereocenters. The Kier molecular flexibility index (Phi) is 3.57. The van der Waals surface area contributed by atoms with Crippen LogP contribution in [0, 0.1) is 0 Å². The van der Waals surface area contributed by atoms with E-state index in [0.717, 1.165) is 16.9 Å². The van der Waals surface area contributed by atoms with E-state index in [1.807, 2.05) is 43.3 Å². The van der Waals surface area contributed by atoms with Crippen LogP contribution >= 0.6 is 0 Å². The molecule has 84 valence electrons. The topological polar surface area (TPSA) is 30.2 Å². The maximum absolute atomic E-state index is 12.3. The molecule has 2 rings (SSSR count). The van der Waals surface area contributed by atoms with E-state index in [0.29, 0.717) is 0 Å². The first-order valence-electron chi connectivity index (χ1n) is 5.30. The molecule has 0 fully saturated rings. The number of furan rings is 1. The minimum absolute atomic E-state index is 0.0150. The van der Waals surface area contributed by atoms with E-state index in [4.69, 9.17) is 4.42 Å². The van der Waals surface area contributed by atoms with Gasteiger partial charge in [0.1, 0.15) is 0 Å². The first-order chi connectivity index (χ1) is 7.83. The third-order valence-electron chi connectivity index (χ3n) is 2.52. The Labute approximate surface area is 97.8 Å². The van der Waals surface area contributed by atoms with Crippen LogP contribution in [0.15, 0.2) is 58.2 Å². The van der Waals surface area contributed by atoms with Gasteiger partial charge in [-0.3, -0.25) is 4.21 Å². The number of hydrogen-bond acceptors (Lipinski definition) is 2. The smallest absolute Gasteiger partial charge is 0.0946 e. The average molecular weight is 234 g/mol. The molecular weight excluding hydrogens is 220 g/mol. The lowest BCUT2D eigenvalue weighted by Gasteiger charge is -2.12. The van der Waals surface area contributed by atoms with Crippen LogP contribution in [0.4, 0.5) is 0 Å². The molecule has 0 bridgehead atoms. The van der Waals surface area contributed by atoms with Gasteiger partial charge in [-0.1, -0.05) is 25.1 Å². The Morgan fingerprint density at radius 2 is 2.00 bits per heavy atom. The van der Waals surface area contributed by atoms with Gasteiger partial charge in [-0.25, -0.2) is 0 Å².